The summed E-state index contributed by atoms with van der Waals surface area (Å²) in [6, 6.07) is 8.42. The van der Waals surface area contributed by atoms with Gasteiger partial charge in [-0.15, -0.1) is 23.1 Å². The number of nitrogens with two attached hydrogens (primary N) is 1. The van der Waals surface area contributed by atoms with Crippen LogP contribution in [-0.4, -0.2) is 11.2 Å². The van der Waals surface area contributed by atoms with Crippen molar-refractivity contribution in [1.29, 1.82) is 0 Å². The maximum Gasteiger partial charge on any atom is 0.108 e. The first kappa shape index (κ1) is 11.6. The average molecular weight is 251 g/mol. The van der Waals surface area contributed by atoms with Crippen LogP contribution >= 0.6 is 23.1 Å². The Morgan fingerprint density at radius 3 is 2.75 bits per heavy atom. The number of hydrogen-bond donors (Lipinski definition) is 2. The van der Waals surface area contributed by atoms with Crippen LogP contribution in [0.25, 0.3) is 11.3 Å². The Labute approximate surface area is 103 Å². The van der Waals surface area contributed by atoms with Gasteiger partial charge in [-0.2, -0.15) is 0 Å². The lowest BCUT2D eigenvalue weighted by Gasteiger charge is -1.98. The van der Waals surface area contributed by atoms with Gasteiger partial charge in [-0.05, 0) is 18.4 Å². The monoisotopic (exact) mass is 251 g/mol. The van der Waals surface area contributed by atoms with Gasteiger partial charge in [-0.25, -0.2) is 4.98 Å². The maximum atomic E-state index is 5.26. The first-order valence-corrected chi connectivity index (χ1v) is 6.96. The second kappa shape index (κ2) is 5.45. The number of hydrogen-bond acceptors (Lipinski definition) is 5. The van der Waals surface area contributed by atoms with Gasteiger partial charge in [-0.3, -0.25) is 11.3 Å². The standard InChI is InChI=1S/C11H13N3S2/c1-15-9-4-2-8(3-5-9)10-7-16-11(14-10)6-13-12/h2-5,7,13H,6,12H2,1H3. The molecule has 0 unspecified atom stereocenters. The molecule has 84 valence electrons. The van der Waals surface area contributed by atoms with Crippen LogP contribution in [0.2, 0.25) is 0 Å². The van der Waals surface area contributed by atoms with Gasteiger partial charge in [-0.1, -0.05) is 12.1 Å². The van der Waals surface area contributed by atoms with Crippen LogP contribution in [0.4, 0.5) is 0 Å². The molecule has 3 nitrogen and oxygen atoms in total. The molecule has 1 aromatic carbocycles. The number of thiazole rings is 1. The summed E-state index contributed by atoms with van der Waals surface area (Å²) in [4.78, 5) is 5.76. The third-order valence-corrected chi connectivity index (χ3v) is 3.78. The summed E-state index contributed by atoms with van der Waals surface area (Å²) in [6.07, 6.45) is 2.07. The van der Waals surface area contributed by atoms with Crippen LogP contribution in [0.3, 0.4) is 0 Å². The van der Waals surface area contributed by atoms with Gasteiger partial charge in [0.15, 0.2) is 0 Å². The van der Waals surface area contributed by atoms with Crippen molar-refractivity contribution in [3.05, 3.63) is 34.7 Å². The topological polar surface area (TPSA) is 50.9 Å². The fourth-order valence-corrected chi connectivity index (χ4v) is 2.54. The van der Waals surface area contributed by atoms with E-state index in [0.29, 0.717) is 6.54 Å². The SMILES string of the molecule is CSc1ccc(-c2csc(CNN)n2)cc1. The third-order valence-electron chi connectivity index (χ3n) is 2.19. The average Bonchev–Trinajstić information content (AvgIpc) is 2.78. The zero-order chi connectivity index (χ0) is 11.4. The number of aromatic nitrogens is 1. The highest BCUT2D eigenvalue weighted by molar-refractivity contribution is 7.98. The smallest absolute Gasteiger partial charge is 0.108 e. The molecule has 0 amide bonds. The van der Waals surface area contributed by atoms with Gasteiger partial charge in [0.2, 0.25) is 0 Å². The summed E-state index contributed by atoms with van der Waals surface area (Å²) >= 11 is 3.36. The molecule has 0 aliphatic carbocycles. The molecular formula is C11H13N3S2. The molecule has 0 atom stereocenters. The Balaban J connectivity index is 2.21. The molecule has 0 spiro atoms. The van der Waals surface area contributed by atoms with Crippen molar-refractivity contribution in [2.24, 2.45) is 5.84 Å². The highest BCUT2D eigenvalue weighted by Crippen LogP contribution is 2.24. The van der Waals surface area contributed by atoms with Crippen molar-refractivity contribution in [1.82, 2.24) is 10.4 Å². The summed E-state index contributed by atoms with van der Waals surface area (Å²) in [5.74, 6) is 5.26. The van der Waals surface area contributed by atoms with Gasteiger partial charge in [0.25, 0.3) is 0 Å². The molecule has 2 rings (SSSR count). The van der Waals surface area contributed by atoms with E-state index in [2.05, 4.69) is 46.3 Å². The van der Waals surface area contributed by atoms with Crippen molar-refractivity contribution in [3.63, 3.8) is 0 Å². The first-order chi connectivity index (χ1) is 7.83. The maximum absolute atomic E-state index is 5.26. The Morgan fingerprint density at radius 2 is 2.12 bits per heavy atom. The van der Waals surface area contributed by atoms with E-state index < -0.39 is 0 Å². The summed E-state index contributed by atoms with van der Waals surface area (Å²) in [6.45, 7) is 0.619. The fraction of sp³-hybridized carbons (Fsp3) is 0.182. The number of nitrogens with one attached hydrogen (secondary N) is 1. The van der Waals surface area contributed by atoms with Crippen LogP contribution in [0.15, 0.2) is 34.5 Å². The van der Waals surface area contributed by atoms with E-state index in [4.69, 9.17) is 5.84 Å². The van der Waals surface area contributed by atoms with Gasteiger partial charge in [0.05, 0.1) is 12.2 Å². The van der Waals surface area contributed by atoms with E-state index in [-0.39, 0.29) is 0 Å². The van der Waals surface area contributed by atoms with E-state index in [1.807, 2.05) is 0 Å². The quantitative estimate of drug-likeness (QED) is 0.498. The summed E-state index contributed by atoms with van der Waals surface area (Å²) in [7, 11) is 0. The van der Waals surface area contributed by atoms with Crippen molar-refractivity contribution in [2.75, 3.05) is 6.26 Å². The molecule has 5 heteroatoms. The fourth-order valence-electron chi connectivity index (χ4n) is 1.37. The second-order valence-electron chi connectivity index (χ2n) is 3.24. The van der Waals surface area contributed by atoms with Crippen molar-refractivity contribution < 1.29 is 0 Å². The highest BCUT2D eigenvalue weighted by Gasteiger charge is 2.03. The minimum atomic E-state index is 0.619. The number of rotatable bonds is 4. The summed E-state index contributed by atoms with van der Waals surface area (Å²) < 4.78 is 0. The van der Waals surface area contributed by atoms with Crippen molar-refractivity contribution in [2.45, 2.75) is 11.4 Å². The van der Waals surface area contributed by atoms with E-state index >= 15 is 0 Å². The number of thioether (sulfide) groups is 1. The van der Waals surface area contributed by atoms with Crippen LogP contribution < -0.4 is 11.3 Å². The number of benzene rings is 1. The van der Waals surface area contributed by atoms with Gasteiger partial charge in [0, 0.05) is 15.8 Å². The molecule has 0 aliphatic rings. The Morgan fingerprint density at radius 1 is 1.38 bits per heavy atom. The molecule has 0 saturated heterocycles. The molecule has 16 heavy (non-hydrogen) atoms. The Hall–Kier alpha value is -0.880. The highest BCUT2D eigenvalue weighted by atomic mass is 32.2. The minimum Gasteiger partial charge on any atom is -0.271 e. The predicted molar refractivity (Wildman–Crippen MR) is 70.4 cm³/mol. The van der Waals surface area contributed by atoms with E-state index in [0.717, 1.165) is 16.3 Å². The van der Waals surface area contributed by atoms with Gasteiger partial charge < -0.3 is 0 Å². The third kappa shape index (κ3) is 2.62. The van der Waals surface area contributed by atoms with Crippen LogP contribution in [0.1, 0.15) is 5.01 Å². The largest absolute Gasteiger partial charge is 0.271 e. The Bertz CT molecular complexity index is 451. The molecular weight excluding hydrogens is 238 g/mol. The molecule has 0 aliphatic heterocycles. The van der Waals surface area contributed by atoms with Gasteiger partial charge >= 0.3 is 0 Å². The van der Waals surface area contributed by atoms with Crippen LogP contribution in [0, 0.1) is 0 Å². The summed E-state index contributed by atoms with van der Waals surface area (Å²) in [5, 5.41) is 3.06. The predicted octanol–water partition coefficient (Wildman–Crippen LogP) is 2.50. The molecule has 1 heterocycles. The first-order valence-electron chi connectivity index (χ1n) is 4.86. The van der Waals surface area contributed by atoms with E-state index in [1.54, 1.807) is 23.1 Å². The zero-order valence-electron chi connectivity index (χ0n) is 8.93. The van der Waals surface area contributed by atoms with Crippen LogP contribution in [0.5, 0.6) is 0 Å². The second-order valence-corrected chi connectivity index (χ2v) is 5.06. The Kier molecular flexibility index (Phi) is 3.95. The van der Waals surface area contributed by atoms with E-state index in [9.17, 15) is 0 Å². The van der Waals surface area contributed by atoms with Crippen molar-refractivity contribution in [3.8, 4) is 11.3 Å². The molecule has 0 fully saturated rings. The number of hydrazine groups is 1. The van der Waals surface area contributed by atoms with Crippen molar-refractivity contribution >= 4 is 23.1 Å². The van der Waals surface area contributed by atoms with E-state index in [1.165, 1.54) is 4.90 Å². The zero-order valence-corrected chi connectivity index (χ0v) is 10.6. The lowest BCUT2D eigenvalue weighted by molar-refractivity contribution is 0.737. The molecule has 0 bridgehead atoms. The lowest BCUT2D eigenvalue weighted by Crippen LogP contribution is -2.20. The summed E-state index contributed by atoms with van der Waals surface area (Å²) in [5.41, 5.74) is 4.78. The van der Waals surface area contributed by atoms with Crippen LogP contribution in [-0.2, 0) is 6.54 Å². The minimum absolute atomic E-state index is 0.619. The number of nitrogens with zero attached hydrogens (tertiary/aromatic N) is 1. The molecule has 0 saturated carbocycles. The molecule has 2 aromatic rings. The normalized spacial score (nSPS) is 10.6. The molecule has 3 N–H and O–H groups in total. The molecule has 0 radical (unpaired) electrons. The molecule has 1 aromatic heterocycles. The van der Waals surface area contributed by atoms with Gasteiger partial charge in [0.1, 0.15) is 5.01 Å². The lowest BCUT2D eigenvalue weighted by atomic mass is 10.2.